The number of morpholine rings is 1. The molecule has 31 heavy (non-hydrogen) atoms. The van der Waals surface area contributed by atoms with Crippen LogP contribution in [0.3, 0.4) is 0 Å². The van der Waals surface area contributed by atoms with E-state index in [1.54, 1.807) is 12.1 Å². The number of hydrogen-bond acceptors (Lipinski definition) is 4. The molecule has 4 rings (SSSR count). The van der Waals surface area contributed by atoms with E-state index in [-0.39, 0.29) is 30.6 Å². The van der Waals surface area contributed by atoms with Crippen molar-refractivity contribution < 1.29 is 14.3 Å². The minimum atomic E-state index is -0.259. The third kappa shape index (κ3) is 4.25. The van der Waals surface area contributed by atoms with Crippen LogP contribution in [0.5, 0.6) is 0 Å². The Morgan fingerprint density at radius 2 is 1.58 bits per heavy atom. The second kappa shape index (κ2) is 8.48. The number of imide groups is 1. The van der Waals surface area contributed by atoms with Crippen LogP contribution in [0.1, 0.15) is 36.1 Å². The molecule has 2 aliphatic rings. The van der Waals surface area contributed by atoms with Crippen molar-refractivity contribution in [3.8, 4) is 0 Å². The molecule has 2 unspecified atom stereocenters. The van der Waals surface area contributed by atoms with Gasteiger partial charge in [0.1, 0.15) is 5.70 Å². The second-order valence-electron chi connectivity index (χ2n) is 8.51. The number of nitrogens with zero attached hydrogens (tertiary/aromatic N) is 2. The lowest BCUT2D eigenvalue weighted by molar-refractivity contribution is -0.139. The van der Waals surface area contributed by atoms with Gasteiger partial charge in [-0.15, -0.1) is 0 Å². The average molecular weight is 439 g/mol. The van der Waals surface area contributed by atoms with E-state index in [4.69, 9.17) is 16.3 Å². The Morgan fingerprint density at radius 3 is 2.19 bits per heavy atom. The maximum atomic E-state index is 13.6. The highest BCUT2D eigenvalue weighted by Crippen LogP contribution is 2.34. The minimum absolute atomic E-state index is 0.0227. The molecule has 0 spiro atoms. The Labute approximate surface area is 188 Å². The SMILES string of the molecule is Cc1ccc(C2=C(N3CC(C)OC(C)C3)C(=O)N(Cc3ccc(Cl)cc3)C2=O)cc1C. The minimum Gasteiger partial charge on any atom is -0.372 e. The number of hydrogen-bond donors (Lipinski definition) is 0. The molecule has 0 radical (unpaired) electrons. The van der Waals surface area contributed by atoms with Crippen LogP contribution in [0, 0.1) is 13.8 Å². The first-order valence-corrected chi connectivity index (χ1v) is 11.0. The molecule has 162 valence electrons. The number of halogens is 1. The number of benzene rings is 2. The summed E-state index contributed by atoms with van der Waals surface area (Å²) in [5, 5.41) is 0.619. The van der Waals surface area contributed by atoms with Crippen molar-refractivity contribution in [3.05, 3.63) is 75.4 Å². The monoisotopic (exact) mass is 438 g/mol. The molecule has 1 saturated heterocycles. The molecule has 0 saturated carbocycles. The third-order valence-electron chi connectivity index (χ3n) is 5.93. The van der Waals surface area contributed by atoms with E-state index in [9.17, 15) is 9.59 Å². The Hall–Kier alpha value is -2.63. The fraction of sp³-hybridized carbons (Fsp3) is 0.360. The van der Waals surface area contributed by atoms with Crippen LogP contribution in [0.25, 0.3) is 5.57 Å². The van der Waals surface area contributed by atoms with Crippen LogP contribution in [-0.4, -0.2) is 46.9 Å². The van der Waals surface area contributed by atoms with Gasteiger partial charge in [0.15, 0.2) is 0 Å². The molecule has 1 fully saturated rings. The molecule has 0 N–H and O–H groups in total. The molecule has 2 aromatic rings. The third-order valence-corrected chi connectivity index (χ3v) is 6.18. The molecular formula is C25H27ClN2O3. The van der Waals surface area contributed by atoms with Gasteiger partial charge in [-0.3, -0.25) is 14.5 Å². The van der Waals surface area contributed by atoms with Crippen molar-refractivity contribution in [2.24, 2.45) is 0 Å². The summed E-state index contributed by atoms with van der Waals surface area (Å²) in [7, 11) is 0. The number of rotatable bonds is 4. The van der Waals surface area contributed by atoms with Gasteiger partial charge in [-0.2, -0.15) is 0 Å². The van der Waals surface area contributed by atoms with Crippen molar-refractivity contribution in [2.45, 2.75) is 46.4 Å². The van der Waals surface area contributed by atoms with Gasteiger partial charge in [0.2, 0.25) is 0 Å². The molecule has 5 nitrogen and oxygen atoms in total. The number of amides is 2. The first-order valence-electron chi connectivity index (χ1n) is 10.6. The van der Waals surface area contributed by atoms with Crippen molar-refractivity contribution in [2.75, 3.05) is 13.1 Å². The number of carbonyl (C=O) groups excluding carboxylic acids is 2. The zero-order valence-corrected chi connectivity index (χ0v) is 19.1. The smallest absolute Gasteiger partial charge is 0.278 e. The Bertz CT molecular complexity index is 1050. The van der Waals surface area contributed by atoms with Crippen LogP contribution < -0.4 is 0 Å². The highest BCUT2D eigenvalue weighted by Gasteiger charge is 2.43. The van der Waals surface area contributed by atoms with Crippen LogP contribution in [0.15, 0.2) is 48.2 Å². The average Bonchev–Trinajstić information content (AvgIpc) is 2.95. The van der Waals surface area contributed by atoms with E-state index >= 15 is 0 Å². The fourth-order valence-corrected chi connectivity index (χ4v) is 4.42. The topological polar surface area (TPSA) is 49.9 Å². The molecule has 2 heterocycles. The summed E-state index contributed by atoms with van der Waals surface area (Å²) in [6.07, 6.45) is -0.0454. The zero-order chi connectivity index (χ0) is 22.3. The van der Waals surface area contributed by atoms with Gasteiger partial charge in [-0.05, 0) is 62.1 Å². The fourth-order valence-electron chi connectivity index (χ4n) is 4.29. The predicted molar refractivity (Wildman–Crippen MR) is 121 cm³/mol. The summed E-state index contributed by atoms with van der Waals surface area (Å²) in [6.45, 7) is 9.39. The lowest BCUT2D eigenvalue weighted by Gasteiger charge is -2.37. The van der Waals surface area contributed by atoms with Gasteiger partial charge in [0, 0.05) is 18.1 Å². The Kier molecular flexibility index (Phi) is 5.91. The highest BCUT2D eigenvalue weighted by atomic mass is 35.5. The van der Waals surface area contributed by atoms with E-state index in [2.05, 4.69) is 0 Å². The molecule has 6 heteroatoms. The molecule has 0 aromatic heterocycles. The van der Waals surface area contributed by atoms with Crippen LogP contribution in [-0.2, 0) is 20.9 Å². The molecule has 0 bridgehead atoms. The molecular weight excluding hydrogens is 412 g/mol. The van der Waals surface area contributed by atoms with Gasteiger partial charge in [0.05, 0.1) is 24.3 Å². The first kappa shape index (κ1) is 21.6. The van der Waals surface area contributed by atoms with Gasteiger partial charge in [0.25, 0.3) is 11.8 Å². The van der Waals surface area contributed by atoms with Crippen molar-refractivity contribution in [1.82, 2.24) is 9.80 Å². The summed E-state index contributed by atoms with van der Waals surface area (Å²) in [6, 6.07) is 13.2. The quantitative estimate of drug-likeness (QED) is 0.666. The van der Waals surface area contributed by atoms with Gasteiger partial charge >= 0.3 is 0 Å². The maximum absolute atomic E-state index is 13.6. The number of aryl methyl sites for hydroxylation is 2. The van der Waals surface area contributed by atoms with Crippen molar-refractivity contribution >= 4 is 29.0 Å². The number of carbonyl (C=O) groups is 2. The van der Waals surface area contributed by atoms with E-state index < -0.39 is 0 Å². The normalized spacial score (nSPS) is 22.0. The Morgan fingerprint density at radius 1 is 0.935 bits per heavy atom. The second-order valence-corrected chi connectivity index (χ2v) is 8.94. The standard InChI is InChI=1S/C25H27ClN2O3/c1-15-5-8-20(11-16(15)2)22-23(27-12-17(3)31-18(4)13-27)25(30)28(24(22)29)14-19-6-9-21(26)10-7-19/h5-11,17-18H,12-14H2,1-4H3. The molecule has 2 aromatic carbocycles. The van der Waals surface area contributed by atoms with Gasteiger partial charge < -0.3 is 9.64 Å². The zero-order valence-electron chi connectivity index (χ0n) is 18.3. The molecule has 0 aliphatic carbocycles. The lowest BCUT2D eigenvalue weighted by atomic mass is 9.99. The summed E-state index contributed by atoms with van der Waals surface area (Å²) in [4.78, 5) is 30.5. The molecule has 2 atom stereocenters. The summed E-state index contributed by atoms with van der Waals surface area (Å²) < 4.78 is 5.86. The highest BCUT2D eigenvalue weighted by molar-refractivity contribution is 6.35. The van der Waals surface area contributed by atoms with Crippen molar-refractivity contribution in [3.63, 3.8) is 0 Å². The maximum Gasteiger partial charge on any atom is 0.278 e. The summed E-state index contributed by atoms with van der Waals surface area (Å²) in [5.41, 5.74) is 4.82. The summed E-state index contributed by atoms with van der Waals surface area (Å²) >= 11 is 5.99. The molecule has 2 aliphatic heterocycles. The van der Waals surface area contributed by atoms with Crippen molar-refractivity contribution in [1.29, 1.82) is 0 Å². The van der Waals surface area contributed by atoms with Gasteiger partial charge in [-0.25, -0.2) is 0 Å². The summed E-state index contributed by atoms with van der Waals surface area (Å²) in [5.74, 6) is -0.514. The van der Waals surface area contributed by atoms with Crippen LogP contribution in [0.4, 0.5) is 0 Å². The van der Waals surface area contributed by atoms with E-state index in [0.717, 1.165) is 22.3 Å². The molecule has 2 amide bonds. The Balaban J connectivity index is 1.76. The largest absolute Gasteiger partial charge is 0.372 e. The van der Waals surface area contributed by atoms with Crippen LogP contribution in [0.2, 0.25) is 5.02 Å². The lowest BCUT2D eigenvalue weighted by Crippen LogP contribution is -2.46. The number of ether oxygens (including phenoxy) is 1. The van der Waals surface area contributed by atoms with E-state index in [0.29, 0.717) is 29.4 Å². The van der Waals surface area contributed by atoms with E-state index in [1.807, 2.05) is 62.9 Å². The van der Waals surface area contributed by atoms with Crippen LogP contribution >= 0.6 is 11.6 Å². The predicted octanol–water partition coefficient (Wildman–Crippen LogP) is 4.35. The van der Waals surface area contributed by atoms with Gasteiger partial charge in [-0.1, -0.05) is 41.9 Å². The first-order chi connectivity index (χ1) is 14.7. The van der Waals surface area contributed by atoms with E-state index in [1.165, 1.54) is 4.90 Å².